The van der Waals surface area contributed by atoms with Crippen LogP contribution in [0.1, 0.15) is 77.6 Å². The first kappa shape index (κ1) is 19.5. The topological polar surface area (TPSA) is 46.2 Å². The predicted octanol–water partition coefficient (Wildman–Crippen LogP) is 4.94. The molecule has 0 aliphatic carbocycles. The Morgan fingerprint density at radius 2 is 1.35 bits per heavy atom. The molecular formula is C16H31NO2S. The Bertz CT molecular complexity index is 231. The van der Waals surface area contributed by atoms with E-state index in [9.17, 15) is 9.59 Å². The first-order chi connectivity index (χ1) is 9.70. The molecule has 20 heavy (non-hydrogen) atoms. The van der Waals surface area contributed by atoms with Crippen molar-refractivity contribution in [3.8, 4) is 0 Å². The number of Topliss-reactive ketones (excluding diaryl/α,β-unsaturated/α-hetero) is 1. The van der Waals surface area contributed by atoms with Gasteiger partial charge in [-0.15, -0.1) is 0 Å². The second-order valence-electron chi connectivity index (χ2n) is 5.24. The normalized spacial score (nSPS) is 10.5. The van der Waals surface area contributed by atoms with Gasteiger partial charge in [-0.2, -0.15) is 0 Å². The molecule has 1 amide bonds. The predicted molar refractivity (Wildman–Crippen MR) is 88.4 cm³/mol. The molecule has 0 spiro atoms. The van der Waals surface area contributed by atoms with Gasteiger partial charge in [0.2, 0.25) is 0 Å². The van der Waals surface area contributed by atoms with Crippen LogP contribution in [-0.2, 0) is 4.79 Å². The van der Waals surface area contributed by atoms with Gasteiger partial charge < -0.3 is 5.32 Å². The summed E-state index contributed by atoms with van der Waals surface area (Å²) in [6.07, 6.45) is 14.3. The first-order valence-electron chi connectivity index (χ1n) is 8.04. The highest BCUT2D eigenvalue weighted by atomic mass is 32.2. The summed E-state index contributed by atoms with van der Waals surface area (Å²) in [6, 6.07) is 0. The molecule has 118 valence electrons. The number of nitrogens with one attached hydrogen (secondary N) is 1. The quantitative estimate of drug-likeness (QED) is 0.490. The van der Waals surface area contributed by atoms with E-state index < -0.39 is 0 Å². The summed E-state index contributed by atoms with van der Waals surface area (Å²) in [4.78, 5) is 22.1. The minimum Gasteiger partial charge on any atom is -0.347 e. The van der Waals surface area contributed by atoms with Crippen molar-refractivity contribution in [2.75, 3.05) is 12.8 Å². The lowest BCUT2D eigenvalue weighted by atomic mass is 10.0. The van der Waals surface area contributed by atoms with Gasteiger partial charge in [0.1, 0.15) is 5.78 Å². The Morgan fingerprint density at radius 1 is 0.850 bits per heavy atom. The van der Waals surface area contributed by atoms with Gasteiger partial charge in [0.15, 0.2) is 0 Å². The van der Waals surface area contributed by atoms with Crippen LogP contribution < -0.4 is 5.32 Å². The molecule has 0 bridgehead atoms. The molecule has 0 saturated carbocycles. The molecule has 0 rings (SSSR count). The minimum atomic E-state index is 0.0755. The molecule has 3 nitrogen and oxygen atoms in total. The van der Waals surface area contributed by atoms with E-state index >= 15 is 0 Å². The highest BCUT2D eigenvalue weighted by Crippen LogP contribution is 2.11. The van der Waals surface area contributed by atoms with Gasteiger partial charge in [0, 0.05) is 19.4 Å². The average Bonchev–Trinajstić information content (AvgIpc) is 2.47. The van der Waals surface area contributed by atoms with Crippen molar-refractivity contribution in [2.45, 2.75) is 77.6 Å². The molecule has 0 aliphatic rings. The van der Waals surface area contributed by atoms with Crippen LogP contribution in [0.3, 0.4) is 0 Å². The summed E-state index contributed by atoms with van der Waals surface area (Å²) in [6.45, 7) is 2.75. The van der Waals surface area contributed by atoms with E-state index in [0.717, 1.165) is 25.8 Å². The van der Waals surface area contributed by atoms with E-state index in [4.69, 9.17) is 0 Å². The number of ketones is 1. The molecule has 0 radical (unpaired) electrons. The lowest BCUT2D eigenvalue weighted by Gasteiger charge is -2.04. The molecule has 0 atom stereocenters. The van der Waals surface area contributed by atoms with Gasteiger partial charge in [-0.1, -0.05) is 63.6 Å². The molecule has 0 fully saturated rings. The van der Waals surface area contributed by atoms with Crippen LogP contribution in [0.15, 0.2) is 0 Å². The van der Waals surface area contributed by atoms with Crippen molar-refractivity contribution < 1.29 is 9.59 Å². The molecule has 0 aromatic heterocycles. The number of rotatable bonds is 13. The number of amides is 1. The average molecular weight is 301 g/mol. The number of hydrogen-bond donors (Lipinski definition) is 1. The summed E-state index contributed by atoms with van der Waals surface area (Å²) in [5.74, 6) is 0.401. The molecule has 0 unspecified atom stereocenters. The molecule has 1 N–H and O–H groups in total. The van der Waals surface area contributed by atoms with Crippen LogP contribution in [-0.4, -0.2) is 23.8 Å². The number of carbonyl (C=O) groups excluding carboxylic acids is 2. The van der Waals surface area contributed by atoms with Crippen LogP contribution in [0.2, 0.25) is 0 Å². The zero-order valence-corrected chi connectivity index (χ0v) is 14.0. The smallest absolute Gasteiger partial charge is 0.278 e. The van der Waals surface area contributed by atoms with Crippen molar-refractivity contribution >= 4 is 22.8 Å². The number of carbonyl (C=O) groups is 2. The van der Waals surface area contributed by atoms with Crippen molar-refractivity contribution in [1.29, 1.82) is 0 Å². The fourth-order valence-electron chi connectivity index (χ4n) is 2.12. The fraction of sp³-hybridized carbons (Fsp3) is 0.875. The van der Waals surface area contributed by atoms with Crippen molar-refractivity contribution in [3.05, 3.63) is 0 Å². The number of unbranched alkanes of at least 4 members (excludes halogenated alkanes) is 8. The zero-order valence-electron chi connectivity index (χ0n) is 13.2. The van der Waals surface area contributed by atoms with Gasteiger partial charge in [0.05, 0.1) is 0 Å². The highest BCUT2D eigenvalue weighted by Gasteiger charge is 1.98. The van der Waals surface area contributed by atoms with Gasteiger partial charge in [-0.25, -0.2) is 0 Å². The summed E-state index contributed by atoms with van der Waals surface area (Å²) in [7, 11) is 0. The number of hydrogen-bond acceptors (Lipinski definition) is 3. The van der Waals surface area contributed by atoms with E-state index in [1.165, 1.54) is 56.7 Å². The van der Waals surface area contributed by atoms with Gasteiger partial charge in [-0.3, -0.25) is 9.59 Å². The number of thioether (sulfide) groups is 1. The Labute approximate surface area is 128 Å². The molecule has 0 heterocycles. The van der Waals surface area contributed by atoms with E-state index in [-0.39, 0.29) is 5.24 Å². The molecule has 0 aliphatic heterocycles. The molecule has 0 saturated heterocycles. The highest BCUT2D eigenvalue weighted by molar-refractivity contribution is 8.12. The van der Waals surface area contributed by atoms with Crippen LogP contribution in [0.25, 0.3) is 0 Å². The second-order valence-corrected chi connectivity index (χ2v) is 6.02. The van der Waals surface area contributed by atoms with Crippen molar-refractivity contribution in [1.82, 2.24) is 5.32 Å². The Balaban J connectivity index is 3.06. The lowest BCUT2D eigenvalue weighted by Crippen LogP contribution is -2.19. The summed E-state index contributed by atoms with van der Waals surface area (Å²) < 4.78 is 0. The maximum atomic E-state index is 11.1. The third-order valence-electron chi connectivity index (χ3n) is 3.48. The first-order valence-corrected chi connectivity index (χ1v) is 9.26. The third kappa shape index (κ3) is 13.9. The standard InChI is InChI=1S/C16H31NO2S/c1-3-15(18)13-11-9-7-5-4-6-8-10-12-14-17-16(19)20-2/h3-14H2,1-2H3,(H,17,19). The van der Waals surface area contributed by atoms with Crippen LogP contribution >= 0.6 is 11.8 Å². The van der Waals surface area contributed by atoms with Crippen LogP contribution in [0, 0.1) is 0 Å². The molecule has 0 aromatic carbocycles. The maximum absolute atomic E-state index is 11.1. The van der Waals surface area contributed by atoms with Crippen LogP contribution in [0.4, 0.5) is 4.79 Å². The zero-order chi connectivity index (χ0) is 15.1. The summed E-state index contributed by atoms with van der Waals surface area (Å²) in [5, 5.41) is 2.94. The molecular weight excluding hydrogens is 270 g/mol. The Morgan fingerprint density at radius 3 is 1.85 bits per heavy atom. The van der Waals surface area contributed by atoms with Crippen LogP contribution in [0.5, 0.6) is 0 Å². The van der Waals surface area contributed by atoms with E-state index in [2.05, 4.69) is 5.32 Å². The van der Waals surface area contributed by atoms with Crippen molar-refractivity contribution in [2.24, 2.45) is 0 Å². The van der Waals surface area contributed by atoms with E-state index in [1.54, 1.807) is 6.26 Å². The van der Waals surface area contributed by atoms with Crippen molar-refractivity contribution in [3.63, 3.8) is 0 Å². The summed E-state index contributed by atoms with van der Waals surface area (Å²) >= 11 is 1.24. The fourth-order valence-corrected chi connectivity index (χ4v) is 2.37. The molecule has 4 heteroatoms. The largest absolute Gasteiger partial charge is 0.347 e. The van der Waals surface area contributed by atoms with Gasteiger partial charge in [-0.05, 0) is 19.1 Å². The maximum Gasteiger partial charge on any atom is 0.278 e. The van der Waals surface area contributed by atoms with Gasteiger partial charge >= 0.3 is 0 Å². The Hall–Kier alpha value is -0.510. The third-order valence-corrected chi connectivity index (χ3v) is 4.00. The minimum absolute atomic E-state index is 0.0755. The van der Waals surface area contributed by atoms with E-state index in [0.29, 0.717) is 12.2 Å². The van der Waals surface area contributed by atoms with Gasteiger partial charge in [0.25, 0.3) is 5.24 Å². The van der Waals surface area contributed by atoms with E-state index in [1.807, 2.05) is 6.92 Å². The lowest BCUT2D eigenvalue weighted by molar-refractivity contribution is -0.118. The second kappa shape index (κ2) is 14.9. The Kier molecular flexibility index (Phi) is 14.5. The molecule has 0 aromatic rings. The SMILES string of the molecule is CCC(=O)CCCCCCCCCCCNC(=O)SC. The monoisotopic (exact) mass is 301 g/mol. The summed E-state index contributed by atoms with van der Waals surface area (Å²) in [5.41, 5.74) is 0.